The molecule has 1 saturated carbocycles. The van der Waals surface area contributed by atoms with Gasteiger partial charge in [-0.15, -0.1) is 0 Å². The lowest BCUT2D eigenvalue weighted by molar-refractivity contribution is 0.244. The van der Waals surface area contributed by atoms with Crippen molar-refractivity contribution in [1.82, 2.24) is 14.9 Å². The summed E-state index contributed by atoms with van der Waals surface area (Å²) in [5.74, 6) is 1.77. The van der Waals surface area contributed by atoms with E-state index in [-0.39, 0.29) is 11.6 Å². The number of nitrogens with zero attached hydrogens (tertiary/aromatic N) is 2. The summed E-state index contributed by atoms with van der Waals surface area (Å²) in [6.07, 6.45) is 2.46. The molecule has 0 atom stereocenters. The normalized spacial score (nSPS) is 15.2. The molecular weight excluding hydrogens is 264 g/mol. The first-order valence-corrected chi connectivity index (χ1v) is 7.39. The second-order valence-electron chi connectivity index (χ2n) is 6.84. The fraction of sp³-hybridized carbons (Fsp3) is 0.500. The van der Waals surface area contributed by atoms with Crippen molar-refractivity contribution in [3.05, 3.63) is 24.0 Å². The van der Waals surface area contributed by atoms with Gasteiger partial charge >= 0.3 is 6.03 Å². The van der Waals surface area contributed by atoms with Crippen LogP contribution in [0.1, 0.15) is 45.4 Å². The number of nitrogens with one attached hydrogen (secondary N) is 2. The molecule has 1 heterocycles. The Labute approximate surface area is 124 Å². The third-order valence-electron chi connectivity index (χ3n) is 3.60. The van der Waals surface area contributed by atoms with Crippen molar-refractivity contribution >= 4 is 22.8 Å². The molecule has 112 valence electrons. The molecule has 0 radical (unpaired) electrons. The number of anilines is 1. The van der Waals surface area contributed by atoms with E-state index in [0.29, 0.717) is 5.92 Å². The Morgan fingerprint density at radius 1 is 1.33 bits per heavy atom. The number of hydrogen-bond donors (Lipinski definition) is 2. The van der Waals surface area contributed by atoms with Gasteiger partial charge < -0.3 is 15.2 Å². The molecule has 5 nitrogen and oxygen atoms in total. The predicted molar refractivity (Wildman–Crippen MR) is 84.6 cm³/mol. The van der Waals surface area contributed by atoms with Gasteiger partial charge in [0.05, 0.1) is 11.0 Å². The van der Waals surface area contributed by atoms with E-state index >= 15 is 0 Å². The van der Waals surface area contributed by atoms with E-state index in [9.17, 15) is 4.79 Å². The quantitative estimate of drug-likeness (QED) is 0.889. The molecule has 1 fully saturated rings. The van der Waals surface area contributed by atoms with E-state index in [1.165, 1.54) is 12.8 Å². The van der Waals surface area contributed by atoms with Crippen LogP contribution in [-0.4, -0.2) is 21.1 Å². The first kappa shape index (κ1) is 13.9. The zero-order valence-corrected chi connectivity index (χ0v) is 13.0. The lowest BCUT2D eigenvalue weighted by Gasteiger charge is -2.20. The molecule has 2 aromatic rings. The molecule has 2 N–H and O–H groups in total. The summed E-state index contributed by atoms with van der Waals surface area (Å²) in [4.78, 5) is 16.6. The topological polar surface area (TPSA) is 59.0 Å². The minimum absolute atomic E-state index is 0.194. The summed E-state index contributed by atoms with van der Waals surface area (Å²) in [6.45, 7) is 5.86. The third kappa shape index (κ3) is 3.01. The average Bonchev–Trinajstić information content (AvgIpc) is 3.13. The summed E-state index contributed by atoms with van der Waals surface area (Å²) < 4.78 is 2.16. The zero-order chi connectivity index (χ0) is 15.2. The van der Waals surface area contributed by atoms with Crippen LogP contribution in [0.4, 0.5) is 10.5 Å². The van der Waals surface area contributed by atoms with Gasteiger partial charge in [-0.3, -0.25) is 0 Å². The van der Waals surface area contributed by atoms with E-state index in [1.54, 1.807) is 0 Å². The Hall–Kier alpha value is -2.04. The Morgan fingerprint density at radius 3 is 2.67 bits per heavy atom. The van der Waals surface area contributed by atoms with Gasteiger partial charge in [0, 0.05) is 24.2 Å². The Morgan fingerprint density at radius 2 is 2.05 bits per heavy atom. The van der Waals surface area contributed by atoms with Crippen molar-refractivity contribution in [2.24, 2.45) is 7.05 Å². The number of aryl methyl sites for hydroxylation is 1. The number of urea groups is 1. The number of hydrogen-bond acceptors (Lipinski definition) is 2. The largest absolute Gasteiger partial charge is 0.333 e. The number of imidazole rings is 1. The highest BCUT2D eigenvalue weighted by atomic mass is 16.2. The molecule has 0 aliphatic heterocycles. The van der Waals surface area contributed by atoms with Crippen LogP contribution in [0.2, 0.25) is 0 Å². The molecule has 3 rings (SSSR count). The van der Waals surface area contributed by atoms with Gasteiger partial charge in [-0.25, -0.2) is 9.78 Å². The number of carbonyl (C=O) groups excluding carboxylic acids is 1. The average molecular weight is 286 g/mol. The number of rotatable bonds is 2. The predicted octanol–water partition coefficient (Wildman–Crippen LogP) is 3.37. The second kappa shape index (κ2) is 4.76. The monoisotopic (exact) mass is 286 g/mol. The van der Waals surface area contributed by atoms with Crippen LogP contribution in [0.15, 0.2) is 18.2 Å². The molecule has 1 aromatic heterocycles. The van der Waals surface area contributed by atoms with E-state index in [4.69, 9.17) is 4.98 Å². The summed E-state index contributed by atoms with van der Waals surface area (Å²) in [5, 5.41) is 5.75. The highest BCUT2D eigenvalue weighted by Crippen LogP contribution is 2.40. The minimum Gasteiger partial charge on any atom is -0.333 e. The third-order valence-corrected chi connectivity index (χ3v) is 3.60. The van der Waals surface area contributed by atoms with Crippen LogP contribution >= 0.6 is 0 Å². The summed E-state index contributed by atoms with van der Waals surface area (Å²) in [6, 6.07) is 5.67. The maximum atomic E-state index is 11.9. The van der Waals surface area contributed by atoms with Crippen LogP contribution in [-0.2, 0) is 7.05 Å². The molecule has 2 amide bonds. The van der Waals surface area contributed by atoms with Gasteiger partial charge in [0.15, 0.2) is 0 Å². The minimum atomic E-state index is -0.252. The van der Waals surface area contributed by atoms with Crippen LogP contribution in [0.3, 0.4) is 0 Å². The zero-order valence-electron chi connectivity index (χ0n) is 13.0. The highest BCUT2D eigenvalue weighted by Gasteiger charge is 2.28. The Bertz CT molecular complexity index is 692. The van der Waals surface area contributed by atoms with Gasteiger partial charge in [0.2, 0.25) is 0 Å². The lowest BCUT2D eigenvalue weighted by atomic mass is 10.1. The lowest BCUT2D eigenvalue weighted by Crippen LogP contribution is -2.43. The fourth-order valence-corrected chi connectivity index (χ4v) is 2.51. The molecule has 0 spiro atoms. The van der Waals surface area contributed by atoms with E-state index in [0.717, 1.165) is 22.5 Å². The molecule has 0 saturated heterocycles. The molecule has 0 bridgehead atoms. The second-order valence-corrected chi connectivity index (χ2v) is 6.84. The van der Waals surface area contributed by atoms with Crippen LogP contribution < -0.4 is 10.6 Å². The SMILES string of the molecule is Cn1c(C2CC2)nc2cc(NC(=O)NC(C)(C)C)ccc21. The molecule has 1 aromatic carbocycles. The summed E-state index contributed by atoms with van der Waals surface area (Å²) in [5.41, 5.74) is 2.56. The number of aromatic nitrogens is 2. The Kier molecular flexibility index (Phi) is 3.15. The van der Waals surface area contributed by atoms with Gasteiger partial charge in [0.1, 0.15) is 5.82 Å². The van der Waals surface area contributed by atoms with Crippen molar-refractivity contribution in [2.75, 3.05) is 5.32 Å². The van der Waals surface area contributed by atoms with Crippen LogP contribution in [0.5, 0.6) is 0 Å². The standard InChI is InChI=1S/C16H22N4O/c1-16(2,3)19-15(21)17-11-7-8-13-12(9-11)18-14(20(13)4)10-5-6-10/h7-10H,5-6H2,1-4H3,(H2,17,19,21). The van der Waals surface area contributed by atoms with Crippen LogP contribution in [0, 0.1) is 0 Å². The number of fused-ring (bicyclic) bond motifs is 1. The van der Waals surface area contributed by atoms with Gasteiger partial charge in [-0.05, 0) is 51.8 Å². The molecule has 1 aliphatic carbocycles. The van der Waals surface area contributed by atoms with Gasteiger partial charge in [-0.2, -0.15) is 0 Å². The van der Waals surface area contributed by atoms with E-state index < -0.39 is 0 Å². The van der Waals surface area contributed by atoms with E-state index in [2.05, 4.69) is 22.2 Å². The van der Waals surface area contributed by atoms with Crippen molar-refractivity contribution < 1.29 is 4.79 Å². The van der Waals surface area contributed by atoms with Gasteiger partial charge in [-0.1, -0.05) is 0 Å². The fourth-order valence-electron chi connectivity index (χ4n) is 2.51. The van der Waals surface area contributed by atoms with Crippen molar-refractivity contribution in [3.63, 3.8) is 0 Å². The summed E-state index contributed by atoms with van der Waals surface area (Å²) >= 11 is 0. The van der Waals surface area contributed by atoms with Gasteiger partial charge in [0.25, 0.3) is 0 Å². The molecular formula is C16H22N4O. The van der Waals surface area contributed by atoms with Crippen molar-refractivity contribution in [2.45, 2.75) is 45.1 Å². The van der Waals surface area contributed by atoms with Crippen LogP contribution in [0.25, 0.3) is 11.0 Å². The molecule has 5 heteroatoms. The smallest absolute Gasteiger partial charge is 0.319 e. The maximum Gasteiger partial charge on any atom is 0.319 e. The highest BCUT2D eigenvalue weighted by molar-refractivity contribution is 5.92. The molecule has 0 unspecified atom stereocenters. The first-order chi connectivity index (χ1) is 9.83. The summed E-state index contributed by atoms with van der Waals surface area (Å²) in [7, 11) is 2.06. The molecule has 21 heavy (non-hydrogen) atoms. The van der Waals surface area contributed by atoms with E-state index in [1.807, 2.05) is 39.0 Å². The number of carbonyl (C=O) groups is 1. The Balaban J connectivity index is 1.82. The number of benzene rings is 1. The molecule has 1 aliphatic rings. The maximum absolute atomic E-state index is 11.9. The van der Waals surface area contributed by atoms with Crippen molar-refractivity contribution in [3.8, 4) is 0 Å². The van der Waals surface area contributed by atoms with Crippen molar-refractivity contribution in [1.29, 1.82) is 0 Å². The number of amides is 2. The first-order valence-electron chi connectivity index (χ1n) is 7.39.